The van der Waals surface area contributed by atoms with Crippen molar-refractivity contribution in [1.82, 2.24) is 4.98 Å². The fourth-order valence-corrected chi connectivity index (χ4v) is 3.10. The van der Waals surface area contributed by atoms with Crippen molar-refractivity contribution in [3.8, 4) is 5.75 Å². The number of fused-ring (bicyclic) bond motifs is 1. The molecule has 0 aliphatic carbocycles. The molecule has 154 valence electrons. The van der Waals surface area contributed by atoms with Gasteiger partial charge in [0.25, 0.3) is 0 Å². The molecule has 14 heteroatoms. The summed E-state index contributed by atoms with van der Waals surface area (Å²) in [6, 6.07) is 7.06. The van der Waals surface area contributed by atoms with Gasteiger partial charge in [0.05, 0.1) is 5.97 Å². The number of carboxylic acid groups (broad SMARTS) is 1. The van der Waals surface area contributed by atoms with Crippen molar-refractivity contribution < 1.29 is 80.7 Å². The standard InChI is InChI=1S/C14H13BrClNO7.Na.3H2O/c15-13(12(20)21)14(16,22)10(19)9(18)11(24-13)23-8-5-17-7-4-2-1-3-6(7)8;;;;/h1-5,9-11,17-19,22H,(H,20,21);;3*1H2/q;+1;;;/p-1. The van der Waals surface area contributed by atoms with Gasteiger partial charge in [-0.05, 0) is 28.1 Å². The van der Waals surface area contributed by atoms with Crippen LogP contribution >= 0.6 is 27.5 Å². The molecule has 2 aromatic rings. The minimum atomic E-state index is -2.88. The van der Waals surface area contributed by atoms with Crippen LogP contribution < -0.4 is 39.4 Å². The van der Waals surface area contributed by atoms with Gasteiger partial charge in [0.15, 0.2) is 0 Å². The molecule has 1 fully saturated rings. The number of carboxylic acids is 1. The zero-order valence-electron chi connectivity index (χ0n) is 14.3. The number of aromatic amines is 1. The van der Waals surface area contributed by atoms with Crippen molar-refractivity contribution >= 4 is 44.4 Å². The molecule has 0 bridgehead atoms. The molecule has 1 aliphatic rings. The van der Waals surface area contributed by atoms with E-state index < -0.39 is 34.0 Å². The number of hydrogen-bond acceptors (Lipinski definition) is 7. The molecule has 10 N–H and O–H groups in total. The Balaban J connectivity index is 0. The van der Waals surface area contributed by atoms with Gasteiger partial charge in [0.2, 0.25) is 15.9 Å². The average molecular weight is 499 g/mol. The van der Waals surface area contributed by atoms with E-state index >= 15 is 0 Å². The first-order valence-corrected chi connectivity index (χ1v) is 7.94. The van der Waals surface area contributed by atoms with Crippen molar-refractivity contribution in [1.29, 1.82) is 0 Å². The van der Waals surface area contributed by atoms with Gasteiger partial charge in [-0.1, -0.05) is 23.7 Å². The Morgan fingerprint density at radius 3 is 2.43 bits per heavy atom. The van der Waals surface area contributed by atoms with E-state index in [-0.39, 0.29) is 51.7 Å². The average Bonchev–Trinajstić information content (AvgIpc) is 2.94. The first kappa shape index (κ1) is 29.7. The third-order valence-corrected chi connectivity index (χ3v) is 5.61. The maximum Gasteiger partial charge on any atom is 1.00 e. The number of benzene rings is 1. The van der Waals surface area contributed by atoms with Gasteiger partial charge in [-0.3, -0.25) is 0 Å². The number of aliphatic hydroxyl groups is 3. The largest absolute Gasteiger partial charge is 1.00 e. The molecule has 0 radical (unpaired) electrons. The molecule has 11 nitrogen and oxygen atoms in total. The first-order chi connectivity index (χ1) is 11.2. The van der Waals surface area contributed by atoms with Gasteiger partial charge in [-0.15, -0.1) is 0 Å². The van der Waals surface area contributed by atoms with Crippen LogP contribution in [-0.2, 0) is 9.53 Å². The third-order valence-electron chi connectivity index (χ3n) is 3.78. The molecular weight excluding hydrogens is 480 g/mol. The number of aromatic nitrogens is 1. The minimum Gasteiger partial charge on any atom is -0.546 e. The normalized spacial score (nSPS) is 31.4. The Labute approximate surface area is 193 Å². The molecule has 2 heterocycles. The fourth-order valence-electron chi connectivity index (χ4n) is 2.43. The molecule has 5 unspecified atom stereocenters. The van der Waals surface area contributed by atoms with Gasteiger partial charge >= 0.3 is 29.6 Å². The minimum absolute atomic E-state index is 0. The zero-order valence-corrected chi connectivity index (χ0v) is 18.7. The van der Waals surface area contributed by atoms with Crippen molar-refractivity contribution in [2.24, 2.45) is 0 Å². The third kappa shape index (κ3) is 4.64. The van der Waals surface area contributed by atoms with E-state index in [1.807, 2.05) is 0 Å². The van der Waals surface area contributed by atoms with E-state index in [9.17, 15) is 25.2 Å². The SMILES string of the molecule is O.O.O.O=C([O-])C1(Br)OC(Oc2c[nH]c3ccccc23)C(O)C(O)C1(O)Cl.[Na+]. The van der Waals surface area contributed by atoms with Crippen LogP contribution in [0.2, 0.25) is 0 Å². The van der Waals surface area contributed by atoms with Crippen LogP contribution in [-0.4, -0.2) is 70.8 Å². The second kappa shape index (κ2) is 10.5. The predicted molar refractivity (Wildman–Crippen MR) is 94.1 cm³/mol. The molecule has 1 aromatic heterocycles. The van der Waals surface area contributed by atoms with Gasteiger partial charge < -0.3 is 56.1 Å². The van der Waals surface area contributed by atoms with E-state index in [0.29, 0.717) is 5.39 Å². The number of para-hydroxylation sites is 1. The van der Waals surface area contributed by atoms with Gasteiger partial charge in [-0.25, -0.2) is 0 Å². The molecule has 3 rings (SSSR count). The van der Waals surface area contributed by atoms with E-state index in [2.05, 4.69) is 20.9 Å². The molecule has 0 saturated carbocycles. The summed E-state index contributed by atoms with van der Waals surface area (Å²) in [6.45, 7) is 0. The van der Waals surface area contributed by atoms with Gasteiger partial charge in [-0.2, -0.15) is 0 Å². The maximum absolute atomic E-state index is 11.3. The molecule has 0 spiro atoms. The molecule has 28 heavy (non-hydrogen) atoms. The zero-order chi connectivity index (χ0) is 17.7. The van der Waals surface area contributed by atoms with Crippen molar-refractivity contribution in [3.05, 3.63) is 30.5 Å². The number of hydrogen-bond donors (Lipinski definition) is 4. The second-order valence-corrected chi connectivity index (χ2v) is 6.99. The first-order valence-electron chi connectivity index (χ1n) is 6.77. The Morgan fingerprint density at radius 2 is 1.86 bits per heavy atom. The topological polar surface area (TPSA) is 230 Å². The maximum atomic E-state index is 11.3. The van der Waals surface area contributed by atoms with Gasteiger partial charge in [0, 0.05) is 17.1 Å². The van der Waals surface area contributed by atoms with E-state index in [0.717, 1.165) is 5.52 Å². The summed E-state index contributed by atoms with van der Waals surface area (Å²) in [7, 11) is 0. The Hall–Kier alpha value is -0.480. The Morgan fingerprint density at radius 1 is 1.29 bits per heavy atom. The van der Waals surface area contributed by atoms with Gasteiger partial charge in [0.1, 0.15) is 18.0 Å². The van der Waals surface area contributed by atoms with Crippen LogP contribution in [0.1, 0.15) is 0 Å². The van der Waals surface area contributed by atoms with Crippen molar-refractivity contribution in [3.63, 3.8) is 0 Å². The van der Waals surface area contributed by atoms with Crippen molar-refractivity contribution in [2.45, 2.75) is 28.1 Å². The number of carbonyl (C=O) groups excluding carboxylic acids is 1. The molecule has 1 saturated heterocycles. The number of halogens is 2. The molecular formula is C14H18BrClNNaO10. The number of aliphatic carboxylic acids is 1. The Bertz CT molecular complexity index is 792. The number of carbonyl (C=O) groups is 1. The second-order valence-electron chi connectivity index (χ2n) is 5.29. The predicted octanol–water partition coefficient (Wildman–Crippen LogP) is -6.08. The van der Waals surface area contributed by atoms with Crippen LogP contribution in [0.25, 0.3) is 10.9 Å². The fraction of sp³-hybridized carbons (Fsp3) is 0.357. The number of alkyl halides is 2. The summed E-state index contributed by atoms with van der Waals surface area (Å²) in [5.41, 5.74) is 0.734. The number of ether oxygens (including phenoxy) is 2. The van der Waals surface area contributed by atoms with Crippen LogP contribution in [0.15, 0.2) is 30.5 Å². The van der Waals surface area contributed by atoms with Crippen LogP contribution in [0, 0.1) is 0 Å². The summed E-state index contributed by atoms with van der Waals surface area (Å²) < 4.78 is 7.86. The van der Waals surface area contributed by atoms with Crippen LogP contribution in [0.4, 0.5) is 0 Å². The number of H-pyrrole nitrogens is 1. The van der Waals surface area contributed by atoms with E-state index in [4.69, 9.17) is 21.1 Å². The number of nitrogens with one attached hydrogen (secondary N) is 1. The molecule has 5 atom stereocenters. The van der Waals surface area contributed by atoms with Crippen LogP contribution in [0.3, 0.4) is 0 Å². The van der Waals surface area contributed by atoms with Crippen LogP contribution in [0.5, 0.6) is 5.75 Å². The smallest absolute Gasteiger partial charge is 0.546 e. The summed E-state index contributed by atoms with van der Waals surface area (Å²) in [6.07, 6.45) is -4.09. The summed E-state index contributed by atoms with van der Waals surface area (Å²) in [4.78, 5) is 14.2. The summed E-state index contributed by atoms with van der Waals surface area (Å²) in [5.74, 6) is -1.70. The quantitative estimate of drug-likeness (QED) is 0.236. The Kier molecular flexibility index (Phi) is 11.2. The van der Waals surface area contributed by atoms with E-state index in [1.54, 1.807) is 24.3 Å². The van der Waals surface area contributed by atoms with E-state index in [1.165, 1.54) is 6.20 Å². The number of aliphatic hydroxyl groups excluding tert-OH is 2. The molecule has 0 amide bonds. The summed E-state index contributed by atoms with van der Waals surface area (Å²) in [5, 5.41) is 39.2. The monoisotopic (exact) mass is 497 g/mol. The summed E-state index contributed by atoms with van der Waals surface area (Å²) >= 11 is 8.27. The molecule has 1 aromatic carbocycles. The molecule has 1 aliphatic heterocycles. The van der Waals surface area contributed by atoms with Crippen molar-refractivity contribution in [2.75, 3.05) is 0 Å². The number of rotatable bonds is 3.